The summed E-state index contributed by atoms with van der Waals surface area (Å²) in [7, 11) is 0. The first kappa shape index (κ1) is 15.4. The fourth-order valence-corrected chi connectivity index (χ4v) is 2.58. The molecule has 0 unspecified atom stereocenters. The topological polar surface area (TPSA) is 94.5 Å². The number of primary amides is 1. The van der Waals surface area contributed by atoms with Gasteiger partial charge in [0, 0.05) is 19.5 Å². The second-order valence-electron chi connectivity index (χ2n) is 5.51. The molecule has 0 aliphatic carbocycles. The monoisotopic (exact) mass is 292 g/mol. The van der Waals surface area contributed by atoms with Gasteiger partial charge in [0.15, 0.2) is 0 Å². The van der Waals surface area contributed by atoms with Gasteiger partial charge in [0.05, 0.1) is 12.3 Å². The minimum atomic E-state index is -0.214. The smallest absolute Gasteiger partial charge is 0.239 e. The zero-order valence-corrected chi connectivity index (χ0v) is 12.5. The fraction of sp³-hybridized carbons (Fsp3) is 0.600. The van der Waals surface area contributed by atoms with Gasteiger partial charge in [-0.15, -0.1) is 0 Å². The predicted octanol–water partition coefficient (Wildman–Crippen LogP) is 1.54. The van der Waals surface area contributed by atoms with E-state index in [9.17, 15) is 4.79 Å². The van der Waals surface area contributed by atoms with Crippen molar-refractivity contribution in [3.05, 3.63) is 12.1 Å². The molecule has 0 spiro atoms. The van der Waals surface area contributed by atoms with Gasteiger partial charge >= 0.3 is 0 Å². The van der Waals surface area contributed by atoms with E-state index in [1.807, 2.05) is 19.1 Å². The van der Waals surface area contributed by atoms with Crippen LogP contribution < -0.4 is 21.1 Å². The van der Waals surface area contributed by atoms with Crippen LogP contribution in [-0.2, 0) is 4.79 Å². The quantitative estimate of drug-likeness (QED) is 0.829. The molecule has 2 heterocycles. The largest absolute Gasteiger partial charge is 0.476 e. The number of piperidine rings is 1. The Kier molecular flexibility index (Phi) is 5.25. The van der Waals surface area contributed by atoms with E-state index in [4.69, 9.17) is 16.2 Å². The van der Waals surface area contributed by atoms with E-state index in [0.717, 1.165) is 38.2 Å². The maximum atomic E-state index is 11.0. The molecule has 4 N–H and O–H groups in total. The molecule has 1 aliphatic rings. The first-order chi connectivity index (χ1) is 10.1. The SMILES string of the molecule is CCCOc1nc(N2CCC(CC(N)=O)CC2)ccc1N. The zero-order valence-electron chi connectivity index (χ0n) is 12.5. The minimum Gasteiger partial charge on any atom is -0.476 e. The van der Waals surface area contributed by atoms with Crippen molar-refractivity contribution in [1.82, 2.24) is 4.98 Å². The predicted molar refractivity (Wildman–Crippen MR) is 83.2 cm³/mol. The number of nitrogen functional groups attached to an aromatic ring is 1. The average molecular weight is 292 g/mol. The molecular formula is C15H24N4O2. The molecule has 1 aliphatic heterocycles. The van der Waals surface area contributed by atoms with Crippen LogP contribution in [0.2, 0.25) is 0 Å². The molecule has 6 heteroatoms. The summed E-state index contributed by atoms with van der Waals surface area (Å²) in [5.41, 5.74) is 11.7. The van der Waals surface area contributed by atoms with Crippen LogP contribution in [-0.4, -0.2) is 30.6 Å². The number of amides is 1. The lowest BCUT2D eigenvalue weighted by Crippen LogP contribution is -2.35. The van der Waals surface area contributed by atoms with Crippen LogP contribution in [0.25, 0.3) is 0 Å². The van der Waals surface area contributed by atoms with Gasteiger partial charge in [0.25, 0.3) is 0 Å². The number of carbonyl (C=O) groups excluding carboxylic acids is 1. The molecule has 0 bridgehead atoms. The molecule has 1 fully saturated rings. The van der Waals surface area contributed by atoms with Gasteiger partial charge in [-0.3, -0.25) is 4.79 Å². The minimum absolute atomic E-state index is 0.214. The van der Waals surface area contributed by atoms with Gasteiger partial charge in [0.2, 0.25) is 11.8 Å². The number of anilines is 2. The number of carbonyl (C=O) groups is 1. The van der Waals surface area contributed by atoms with E-state index in [-0.39, 0.29) is 5.91 Å². The maximum absolute atomic E-state index is 11.0. The van der Waals surface area contributed by atoms with Crippen LogP contribution in [0.5, 0.6) is 5.88 Å². The average Bonchev–Trinajstić information content (AvgIpc) is 2.47. The standard InChI is InChI=1S/C15H24N4O2/c1-2-9-21-15-12(16)3-4-14(18-15)19-7-5-11(6-8-19)10-13(17)20/h3-4,11H,2,5-10,16H2,1H3,(H2,17,20). The molecule has 21 heavy (non-hydrogen) atoms. The number of pyridine rings is 1. The van der Waals surface area contributed by atoms with Crippen molar-refractivity contribution in [2.45, 2.75) is 32.6 Å². The van der Waals surface area contributed by atoms with Crippen molar-refractivity contribution in [3.8, 4) is 5.88 Å². The van der Waals surface area contributed by atoms with Crippen LogP contribution in [0.3, 0.4) is 0 Å². The highest BCUT2D eigenvalue weighted by molar-refractivity contribution is 5.74. The van der Waals surface area contributed by atoms with Crippen LogP contribution in [0.4, 0.5) is 11.5 Å². The summed E-state index contributed by atoms with van der Waals surface area (Å²) >= 11 is 0. The highest BCUT2D eigenvalue weighted by atomic mass is 16.5. The summed E-state index contributed by atoms with van der Waals surface area (Å²) < 4.78 is 5.57. The van der Waals surface area contributed by atoms with Gasteiger partial charge in [-0.1, -0.05) is 6.92 Å². The molecule has 1 aromatic rings. The van der Waals surface area contributed by atoms with E-state index in [0.29, 0.717) is 30.5 Å². The highest BCUT2D eigenvalue weighted by Crippen LogP contribution is 2.27. The van der Waals surface area contributed by atoms with Crippen molar-refractivity contribution in [2.75, 3.05) is 30.3 Å². The lowest BCUT2D eigenvalue weighted by molar-refractivity contribution is -0.119. The third-order valence-corrected chi connectivity index (χ3v) is 3.75. The Bertz CT molecular complexity index is 485. The lowest BCUT2D eigenvalue weighted by atomic mass is 9.93. The summed E-state index contributed by atoms with van der Waals surface area (Å²) in [6.07, 6.45) is 3.32. The van der Waals surface area contributed by atoms with E-state index >= 15 is 0 Å². The molecule has 1 amide bonds. The number of ether oxygens (including phenoxy) is 1. The first-order valence-electron chi connectivity index (χ1n) is 7.52. The van der Waals surface area contributed by atoms with Gasteiger partial charge in [-0.05, 0) is 37.3 Å². The van der Waals surface area contributed by atoms with Crippen LogP contribution in [0.15, 0.2) is 12.1 Å². The second kappa shape index (κ2) is 7.15. The Hall–Kier alpha value is -1.98. The van der Waals surface area contributed by atoms with Crippen molar-refractivity contribution in [1.29, 1.82) is 0 Å². The maximum Gasteiger partial charge on any atom is 0.239 e. The lowest BCUT2D eigenvalue weighted by Gasteiger charge is -2.32. The summed E-state index contributed by atoms with van der Waals surface area (Å²) in [5.74, 6) is 1.57. The molecule has 116 valence electrons. The van der Waals surface area contributed by atoms with Crippen LogP contribution in [0, 0.1) is 5.92 Å². The third-order valence-electron chi connectivity index (χ3n) is 3.75. The summed E-state index contributed by atoms with van der Waals surface area (Å²) in [5, 5.41) is 0. The third kappa shape index (κ3) is 4.24. The molecule has 0 saturated carbocycles. The summed E-state index contributed by atoms with van der Waals surface area (Å²) in [4.78, 5) is 17.7. The molecule has 1 aromatic heterocycles. The van der Waals surface area contributed by atoms with Crippen molar-refractivity contribution in [2.24, 2.45) is 11.7 Å². The van der Waals surface area contributed by atoms with Crippen LogP contribution >= 0.6 is 0 Å². The summed E-state index contributed by atoms with van der Waals surface area (Å²) in [6.45, 7) is 4.41. The Morgan fingerprint density at radius 2 is 2.14 bits per heavy atom. The Morgan fingerprint density at radius 3 is 2.76 bits per heavy atom. The Morgan fingerprint density at radius 1 is 1.43 bits per heavy atom. The van der Waals surface area contributed by atoms with E-state index in [2.05, 4.69) is 9.88 Å². The summed E-state index contributed by atoms with van der Waals surface area (Å²) in [6, 6.07) is 3.76. The van der Waals surface area contributed by atoms with Gasteiger partial charge < -0.3 is 21.1 Å². The van der Waals surface area contributed by atoms with Crippen molar-refractivity contribution >= 4 is 17.4 Å². The second-order valence-corrected chi connectivity index (χ2v) is 5.51. The number of hydrogen-bond acceptors (Lipinski definition) is 5. The van der Waals surface area contributed by atoms with E-state index < -0.39 is 0 Å². The van der Waals surface area contributed by atoms with E-state index in [1.165, 1.54) is 0 Å². The first-order valence-corrected chi connectivity index (χ1v) is 7.52. The molecule has 0 atom stereocenters. The van der Waals surface area contributed by atoms with Crippen molar-refractivity contribution < 1.29 is 9.53 Å². The van der Waals surface area contributed by atoms with Crippen molar-refractivity contribution in [3.63, 3.8) is 0 Å². The number of rotatable bonds is 6. The van der Waals surface area contributed by atoms with Gasteiger partial charge in [0.1, 0.15) is 5.82 Å². The Labute approximate surface area is 125 Å². The molecule has 6 nitrogen and oxygen atoms in total. The molecule has 0 aromatic carbocycles. The van der Waals surface area contributed by atoms with Gasteiger partial charge in [-0.2, -0.15) is 4.98 Å². The number of nitrogens with two attached hydrogens (primary N) is 2. The fourth-order valence-electron chi connectivity index (χ4n) is 2.58. The van der Waals surface area contributed by atoms with Crippen LogP contribution in [0.1, 0.15) is 32.6 Å². The number of aromatic nitrogens is 1. The molecular weight excluding hydrogens is 268 g/mol. The number of nitrogens with zero attached hydrogens (tertiary/aromatic N) is 2. The molecule has 2 rings (SSSR count). The Balaban J connectivity index is 1.98. The highest BCUT2D eigenvalue weighted by Gasteiger charge is 2.22. The number of hydrogen-bond donors (Lipinski definition) is 2. The zero-order chi connectivity index (χ0) is 15.2. The molecule has 0 radical (unpaired) electrons. The normalized spacial score (nSPS) is 16.0. The van der Waals surface area contributed by atoms with E-state index in [1.54, 1.807) is 0 Å². The molecule has 1 saturated heterocycles. The van der Waals surface area contributed by atoms with Gasteiger partial charge in [-0.25, -0.2) is 0 Å².